The molecule has 146 valence electrons. The van der Waals surface area contributed by atoms with Gasteiger partial charge in [0.1, 0.15) is 0 Å². The van der Waals surface area contributed by atoms with Crippen molar-refractivity contribution in [3.63, 3.8) is 0 Å². The van der Waals surface area contributed by atoms with Crippen molar-refractivity contribution < 1.29 is 13.2 Å². The first-order valence-electron chi connectivity index (χ1n) is 8.86. The maximum Gasteiger partial charge on any atom is 0.239 e. The Morgan fingerprint density at radius 1 is 1.15 bits per heavy atom. The van der Waals surface area contributed by atoms with E-state index in [9.17, 15) is 13.2 Å². The van der Waals surface area contributed by atoms with Gasteiger partial charge in [0.15, 0.2) is 0 Å². The fraction of sp³-hybridized carbons (Fsp3) is 0.350. The molecule has 1 amide bonds. The Bertz CT molecular complexity index is 878. The molecule has 2 aromatic carbocycles. The summed E-state index contributed by atoms with van der Waals surface area (Å²) in [5.41, 5.74) is 3.18. The number of nitrogens with zero attached hydrogens (tertiary/aromatic N) is 1. The highest BCUT2D eigenvalue weighted by Crippen LogP contribution is 2.20. The minimum atomic E-state index is -3.68. The molecule has 0 unspecified atom stereocenters. The summed E-state index contributed by atoms with van der Waals surface area (Å²) >= 11 is 0. The van der Waals surface area contributed by atoms with Crippen LogP contribution in [0.4, 0.5) is 5.69 Å². The lowest BCUT2D eigenvalue weighted by Gasteiger charge is -2.20. The maximum absolute atomic E-state index is 12.2. The number of carbonyl (C=O) groups is 1. The molecule has 0 heterocycles. The van der Waals surface area contributed by atoms with E-state index in [1.807, 2.05) is 24.1 Å². The summed E-state index contributed by atoms with van der Waals surface area (Å²) in [6.45, 7) is 5.03. The smallest absolute Gasteiger partial charge is 0.239 e. The van der Waals surface area contributed by atoms with Crippen LogP contribution in [0.5, 0.6) is 0 Å². The van der Waals surface area contributed by atoms with Crippen molar-refractivity contribution in [3.05, 3.63) is 59.7 Å². The lowest BCUT2D eigenvalue weighted by atomic mass is 10.0. The number of anilines is 1. The van der Waals surface area contributed by atoms with Gasteiger partial charge in [-0.25, -0.2) is 13.6 Å². The van der Waals surface area contributed by atoms with Crippen LogP contribution < -0.4 is 15.4 Å². The van der Waals surface area contributed by atoms with Gasteiger partial charge in [-0.2, -0.15) is 0 Å². The van der Waals surface area contributed by atoms with Crippen molar-refractivity contribution in [2.75, 3.05) is 25.0 Å². The normalized spacial score (nSPS) is 11.4. The molecule has 0 bridgehead atoms. The Morgan fingerprint density at radius 2 is 1.81 bits per heavy atom. The second kappa shape index (κ2) is 9.01. The number of hydrogen-bond acceptors (Lipinski definition) is 4. The van der Waals surface area contributed by atoms with Gasteiger partial charge in [-0.3, -0.25) is 4.79 Å². The quantitative estimate of drug-likeness (QED) is 0.724. The first-order chi connectivity index (χ1) is 12.7. The second-order valence-electron chi connectivity index (χ2n) is 6.89. The number of rotatable bonds is 8. The van der Waals surface area contributed by atoms with Crippen LogP contribution in [0.2, 0.25) is 0 Å². The number of nitrogens with one attached hydrogen (secondary N) is 1. The minimum absolute atomic E-state index is 0.0615. The van der Waals surface area contributed by atoms with E-state index in [2.05, 4.69) is 31.3 Å². The van der Waals surface area contributed by atoms with Gasteiger partial charge in [-0.1, -0.05) is 38.1 Å². The van der Waals surface area contributed by atoms with Gasteiger partial charge in [0.2, 0.25) is 15.9 Å². The molecule has 27 heavy (non-hydrogen) atoms. The van der Waals surface area contributed by atoms with Crippen molar-refractivity contribution in [1.29, 1.82) is 0 Å². The van der Waals surface area contributed by atoms with Gasteiger partial charge in [0.25, 0.3) is 0 Å². The first kappa shape index (κ1) is 20.9. The van der Waals surface area contributed by atoms with Gasteiger partial charge in [-0.15, -0.1) is 0 Å². The van der Waals surface area contributed by atoms with Crippen LogP contribution in [-0.2, 0) is 21.2 Å². The molecule has 0 aliphatic rings. The van der Waals surface area contributed by atoms with E-state index in [4.69, 9.17) is 5.14 Å². The molecule has 6 nitrogen and oxygen atoms in total. The number of sulfonamides is 1. The molecule has 0 saturated heterocycles. The molecule has 0 saturated carbocycles. The summed E-state index contributed by atoms with van der Waals surface area (Å²) < 4.78 is 22.5. The van der Waals surface area contributed by atoms with Crippen molar-refractivity contribution >= 4 is 21.6 Å². The number of hydrogen-bond donors (Lipinski definition) is 2. The highest BCUT2D eigenvalue weighted by Gasteiger charge is 2.10. The van der Waals surface area contributed by atoms with E-state index in [0.29, 0.717) is 18.9 Å². The fourth-order valence-electron chi connectivity index (χ4n) is 2.68. The van der Waals surface area contributed by atoms with Crippen LogP contribution in [0.25, 0.3) is 0 Å². The third-order valence-electron chi connectivity index (χ3n) is 4.35. The zero-order valence-corrected chi connectivity index (χ0v) is 16.8. The van der Waals surface area contributed by atoms with E-state index in [1.54, 1.807) is 12.1 Å². The summed E-state index contributed by atoms with van der Waals surface area (Å²) in [4.78, 5) is 14.2. The molecular formula is C20H27N3O3S. The summed E-state index contributed by atoms with van der Waals surface area (Å²) in [7, 11) is -1.78. The van der Waals surface area contributed by atoms with Crippen molar-refractivity contribution in [1.82, 2.24) is 5.32 Å². The molecule has 2 rings (SSSR count). The zero-order chi connectivity index (χ0) is 20.0. The monoisotopic (exact) mass is 389 g/mol. The van der Waals surface area contributed by atoms with E-state index >= 15 is 0 Å². The predicted molar refractivity (Wildman–Crippen MR) is 108 cm³/mol. The molecule has 0 aromatic heterocycles. The third-order valence-corrected chi connectivity index (χ3v) is 5.28. The number of likely N-dealkylation sites (N-methyl/N-ethyl adjacent to an activating group) is 1. The highest BCUT2D eigenvalue weighted by atomic mass is 32.2. The van der Waals surface area contributed by atoms with E-state index < -0.39 is 10.0 Å². The first-order valence-corrected chi connectivity index (χ1v) is 10.4. The molecule has 0 atom stereocenters. The largest absolute Gasteiger partial charge is 0.365 e. The summed E-state index contributed by atoms with van der Waals surface area (Å²) in [6, 6.07) is 14.5. The van der Waals surface area contributed by atoms with Crippen LogP contribution in [-0.4, -0.2) is 34.5 Å². The van der Waals surface area contributed by atoms with E-state index in [1.165, 1.54) is 17.7 Å². The summed E-state index contributed by atoms with van der Waals surface area (Å²) in [5, 5.41) is 7.97. The molecule has 7 heteroatoms. The Hall–Kier alpha value is -2.38. The number of nitrogens with two attached hydrogens (primary N) is 1. The SMILES string of the molecule is CC(C)c1cccc(N(C)CC(=O)NCCc2ccc(S(N)(=O)=O)cc2)c1. The Kier molecular flexibility index (Phi) is 6.98. The number of carbonyl (C=O) groups excluding carboxylic acids is 1. The van der Waals surface area contributed by atoms with Crippen molar-refractivity contribution in [3.8, 4) is 0 Å². The molecule has 0 aliphatic carbocycles. The molecule has 0 aliphatic heterocycles. The molecule has 3 N–H and O–H groups in total. The van der Waals surface area contributed by atoms with Gasteiger partial charge >= 0.3 is 0 Å². The fourth-order valence-corrected chi connectivity index (χ4v) is 3.19. The van der Waals surface area contributed by atoms with Crippen molar-refractivity contribution in [2.45, 2.75) is 31.1 Å². The van der Waals surface area contributed by atoms with E-state index in [-0.39, 0.29) is 17.3 Å². The minimum Gasteiger partial charge on any atom is -0.365 e. The molecule has 2 aromatic rings. The van der Waals surface area contributed by atoms with Gasteiger partial charge in [0, 0.05) is 19.3 Å². The Labute approximate surface area is 161 Å². The second-order valence-corrected chi connectivity index (χ2v) is 8.46. The van der Waals surface area contributed by atoms with Crippen LogP contribution in [0, 0.1) is 0 Å². The standard InChI is InChI=1S/C20H27N3O3S/c1-15(2)17-5-4-6-18(13-17)23(3)14-20(24)22-12-11-16-7-9-19(10-8-16)27(21,25)26/h4-10,13,15H,11-12,14H2,1-3H3,(H,22,24)(H2,21,25,26). The zero-order valence-electron chi connectivity index (χ0n) is 16.0. The molecular weight excluding hydrogens is 362 g/mol. The Morgan fingerprint density at radius 3 is 2.41 bits per heavy atom. The number of primary sulfonamides is 1. The Balaban J connectivity index is 1.83. The number of amides is 1. The van der Waals surface area contributed by atoms with Crippen LogP contribution in [0.3, 0.4) is 0 Å². The van der Waals surface area contributed by atoms with Gasteiger partial charge in [0.05, 0.1) is 11.4 Å². The van der Waals surface area contributed by atoms with Crippen LogP contribution in [0.1, 0.15) is 30.9 Å². The van der Waals surface area contributed by atoms with Gasteiger partial charge < -0.3 is 10.2 Å². The topological polar surface area (TPSA) is 92.5 Å². The lowest BCUT2D eigenvalue weighted by Crippen LogP contribution is -2.36. The average Bonchev–Trinajstić information content (AvgIpc) is 2.61. The molecule has 0 radical (unpaired) electrons. The lowest BCUT2D eigenvalue weighted by molar-refractivity contribution is -0.119. The molecule has 0 spiro atoms. The van der Waals surface area contributed by atoms with Crippen molar-refractivity contribution in [2.24, 2.45) is 5.14 Å². The average molecular weight is 390 g/mol. The van der Waals surface area contributed by atoms with Gasteiger partial charge in [-0.05, 0) is 47.7 Å². The third kappa shape index (κ3) is 6.37. The predicted octanol–water partition coefficient (Wildman–Crippen LogP) is 2.25. The maximum atomic E-state index is 12.2. The molecule has 0 fully saturated rings. The summed E-state index contributed by atoms with van der Waals surface area (Å²) in [6.07, 6.45) is 0.614. The van der Waals surface area contributed by atoms with E-state index in [0.717, 1.165) is 11.3 Å². The highest BCUT2D eigenvalue weighted by molar-refractivity contribution is 7.89. The van der Waals surface area contributed by atoms with Crippen LogP contribution >= 0.6 is 0 Å². The van der Waals surface area contributed by atoms with Crippen LogP contribution in [0.15, 0.2) is 53.4 Å². The summed E-state index contributed by atoms with van der Waals surface area (Å²) in [5.74, 6) is 0.376. The number of benzene rings is 2.